The minimum atomic E-state index is -0.899. The topological polar surface area (TPSA) is 66.8 Å². The Labute approximate surface area is 101 Å². The van der Waals surface area contributed by atoms with E-state index in [1.165, 1.54) is 4.90 Å². The van der Waals surface area contributed by atoms with Crippen LogP contribution in [-0.2, 0) is 14.3 Å². The fourth-order valence-electron chi connectivity index (χ4n) is 2.77. The van der Waals surface area contributed by atoms with Crippen molar-refractivity contribution in [1.29, 1.82) is 0 Å². The lowest BCUT2D eigenvalue weighted by atomic mass is 9.90. The van der Waals surface area contributed by atoms with Gasteiger partial charge in [-0.05, 0) is 31.6 Å². The molecule has 0 aromatic rings. The van der Waals surface area contributed by atoms with Gasteiger partial charge in [-0.2, -0.15) is 0 Å². The maximum atomic E-state index is 12.2. The highest BCUT2D eigenvalue weighted by molar-refractivity contribution is 5.87. The zero-order chi connectivity index (χ0) is 12.4. The number of nitrogens with zero attached hydrogens (tertiary/aromatic N) is 1. The van der Waals surface area contributed by atoms with Crippen molar-refractivity contribution < 1.29 is 19.4 Å². The first-order valence-corrected chi connectivity index (χ1v) is 6.26. The molecule has 0 bridgehead atoms. The number of rotatable bonds is 2. The van der Waals surface area contributed by atoms with Gasteiger partial charge in [0.2, 0.25) is 0 Å². The van der Waals surface area contributed by atoms with Crippen LogP contribution in [0.15, 0.2) is 0 Å². The van der Waals surface area contributed by atoms with Crippen molar-refractivity contribution in [2.45, 2.75) is 44.8 Å². The van der Waals surface area contributed by atoms with Crippen molar-refractivity contribution in [3.63, 3.8) is 0 Å². The second-order valence-corrected chi connectivity index (χ2v) is 4.94. The third-order valence-corrected chi connectivity index (χ3v) is 3.67. The van der Waals surface area contributed by atoms with Crippen LogP contribution in [0.5, 0.6) is 0 Å². The number of likely N-dealkylation sites (tertiary alicyclic amines) is 1. The minimum Gasteiger partial charge on any atom is -0.480 e. The van der Waals surface area contributed by atoms with E-state index in [9.17, 15) is 14.7 Å². The number of aliphatic carboxylic acids is 1. The molecular formula is C12H19NO4. The third-order valence-electron chi connectivity index (χ3n) is 3.67. The molecule has 0 saturated carbocycles. The summed E-state index contributed by atoms with van der Waals surface area (Å²) in [6, 6.07) is -0.680. The molecule has 2 saturated heterocycles. The number of carboxylic acids is 1. The number of amides is 1. The molecule has 96 valence electrons. The van der Waals surface area contributed by atoms with Crippen molar-refractivity contribution >= 4 is 11.9 Å². The molecule has 2 fully saturated rings. The Kier molecular flexibility index (Phi) is 3.66. The van der Waals surface area contributed by atoms with Crippen molar-refractivity contribution in [2.24, 2.45) is 5.92 Å². The van der Waals surface area contributed by atoms with Crippen LogP contribution >= 0.6 is 0 Å². The van der Waals surface area contributed by atoms with Gasteiger partial charge in [-0.25, -0.2) is 4.79 Å². The summed E-state index contributed by atoms with van der Waals surface area (Å²) in [5.41, 5.74) is 0. The van der Waals surface area contributed by atoms with E-state index >= 15 is 0 Å². The van der Waals surface area contributed by atoms with Crippen LogP contribution in [0.25, 0.3) is 0 Å². The van der Waals surface area contributed by atoms with E-state index in [2.05, 4.69) is 0 Å². The van der Waals surface area contributed by atoms with Gasteiger partial charge in [-0.3, -0.25) is 4.79 Å². The van der Waals surface area contributed by atoms with Gasteiger partial charge in [0.15, 0.2) is 0 Å². The number of carboxylic acid groups (broad SMARTS) is 1. The van der Waals surface area contributed by atoms with Crippen LogP contribution in [0.4, 0.5) is 0 Å². The zero-order valence-electron chi connectivity index (χ0n) is 10.1. The first-order valence-electron chi connectivity index (χ1n) is 6.26. The molecule has 0 aliphatic carbocycles. The molecule has 17 heavy (non-hydrogen) atoms. The molecule has 5 heteroatoms. The first kappa shape index (κ1) is 12.4. The Hall–Kier alpha value is -1.10. The molecule has 0 aromatic carbocycles. The van der Waals surface area contributed by atoms with E-state index in [0.717, 1.165) is 25.7 Å². The molecule has 0 spiro atoms. The average molecular weight is 241 g/mol. The minimum absolute atomic E-state index is 0.0200. The molecule has 5 nitrogen and oxygen atoms in total. The Morgan fingerprint density at radius 1 is 1.29 bits per heavy atom. The lowest BCUT2D eigenvalue weighted by Crippen LogP contribution is -2.54. The largest absolute Gasteiger partial charge is 0.480 e. The molecule has 2 rings (SSSR count). The Morgan fingerprint density at radius 2 is 2.06 bits per heavy atom. The summed E-state index contributed by atoms with van der Waals surface area (Å²) in [4.78, 5) is 25.0. The summed E-state index contributed by atoms with van der Waals surface area (Å²) >= 11 is 0. The van der Waals surface area contributed by atoms with Crippen molar-refractivity contribution in [2.75, 3.05) is 13.2 Å². The first-order chi connectivity index (χ1) is 8.11. The summed E-state index contributed by atoms with van der Waals surface area (Å²) in [5.74, 6) is -1.02. The highest BCUT2D eigenvalue weighted by Crippen LogP contribution is 2.26. The summed E-state index contributed by atoms with van der Waals surface area (Å²) < 4.78 is 5.35. The number of hydrogen-bond donors (Lipinski definition) is 1. The molecule has 2 heterocycles. The predicted molar refractivity (Wildman–Crippen MR) is 60.5 cm³/mol. The third kappa shape index (κ3) is 2.44. The normalized spacial score (nSPS) is 33.7. The van der Waals surface area contributed by atoms with Crippen molar-refractivity contribution in [3.05, 3.63) is 0 Å². The van der Waals surface area contributed by atoms with E-state index in [0.29, 0.717) is 13.2 Å². The molecule has 2 unspecified atom stereocenters. The Bertz CT molecular complexity index is 312. The molecular weight excluding hydrogens is 222 g/mol. The molecule has 3 atom stereocenters. The van der Waals surface area contributed by atoms with Gasteiger partial charge in [-0.15, -0.1) is 0 Å². The van der Waals surface area contributed by atoms with Crippen LogP contribution in [0.1, 0.15) is 32.6 Å². The zero-order valence-corrected chi connectivity index (χ0v) is 10.1. The van der Waals surface area contributed by atoms with E-state index in [1.54, 1.807) is 0 Å². The second kappa shape index (κ2) is 5.04. The van der Waals surface area contributed by atoms with Crippen LogP contribution in [0, 0.1) is 5.92 Å². The van der Waals surface area contributed by atoms with Gasteiger partial charge in [0, 0.05) is 13.2 Å². The molecule has 0 aromatic heterocycles. The fraction of sp³-hybridized carbons (Fsp3) is 0.833. The van der Waals surface area contributed by atoms with Gasteiger partial charge in [0.25, 0.3) is 5.91 Å². The number of carbonyl (C=O) groups excluding carboxylic acids is 1. The SMILES string of the molecule is CC1CCCN(C(=O)[C@@H]2CCCO2)C1C(=O)O. The van der Waals surface area contributed by atoms with Crippen molar-refractivity contribution in [1.82, 2.24) is 4.90 Å². The molecule has 2 aliphatic heterocycles. The lowest BCUT2D eigenvalue weighted by molar-refractivity contribution is -0.159. The van der Waals surface area contributed by atoms with Crippen LogP contribution in [0.2, 0.25) is 0 Å². The van der Waals surface area contributed by atoms with E-state index in [4.69, 9.17) is 4.74 Å². The summed E-state index contributed by atoms with van der Waals surface area (Å²) in [5, 5.41) is 9.24. The summed E-state index contributed by atoms with van der Waals surface area (Å²) in [6.45, 7) is 3.05. The second-order valence-electron chi connectivity index (χ2n) is 4.94. The number of ether oxygens (including phenoxy) is 1. The van der Waals surface area contributed by atoms with E-state index in [1.807, 2.05) is 6.92 Å². The van der Waals surface area contributed by atoms with Gasteiger partial charge in [-0.1, -0.05) is 6.92 Å². The Morgan fingerprint density at radius 3 is 2.65 bits per heavy atom. The molecule has 0 radical (unpaired) electrons. The molecule has 2 aliphatic rings. The van der Waals surface area contributed by atoms with Gasteiger partial charge < -0.3 is 14.7 Å². The van der Waals surface area contributed by atoms with Gasteiger partial charge in [0.1, 0.15) is 12.1 Å². The standard InChI is InChI=1S/C12H19NO4/c1-8-4-2-6-13(10(8)12(15)16)11(14)9-5-3-7-17-9/h8-10H,2-7H2,1H3,(H,15,16)/t8?,9-,10?/m0/s1. The smallest absolute Gasteiger partial charge is 0.326 e. The molecule has 1 N–H and O–H groups in total. The lowest BCUT2D eigenvalue weighted by Gasteiger charge is -2.38. The van der Waals surface area contributed by atoms with Crippen LogP contribution in [-0.4, -0.2) is 47.2 Å². The molecule has 1 amide bonds. The highest BCUT2D eigenvalue weighted by Gasteiger charge is 2.40. The summed E-state index contributed by atoms with van der Waals surface area (Å²) in [6.07, 6.45) is 2.94. The van der Waals surface area contributed by atoms with Crippen LogP contribution < -0.4 is 0 Å². The van der Waals surface area contributed by atoms with Gasteiger partial charge in [0.05, 0.1) is 0 Å². The van der Waals surface area contributed by atoms with Gasteiger partial charge >= 0.3 is 5.97 Å². The van der Waals surface area contributed by atoms with Crippen molar-refractivity contribution in [3.8, 4) is 0 Å². The fourth-order valence-corrected chi connectivity index (χ4v) is 2.77. The average Bonchev–Trinajstić information content (AvgIpc) is 2.80. The van der Waals surface area contributed by atoms with E-state index in [-0.39, 0.29) is 11.8 Å². The maximum absolute atomic E-state index is 12.2. The number of carbonyl (C=O) groups is 2. The number of hydrogen-bond acceptors (Lipinski definition) is 3. The summed E-state index contributed by atoms with van der Waals surface area (Å²) in [7, 11) is 0. The van der Waals surface area contributed by atoms with E-state index < -0.39 is 18.1 Å². The maximum Gasteiger partial charge on any atom is 0.326 e. The monoisotopic (exact) mass is 241 g/mol. The Balaban J connectivity index is 2.10. The number of piperidine rings is 1. The quantitative estimate of drug-likeness (QED) is 0.779. The predicted octanol–water partition coefficient (Wildman–Crippen LogP) is 0.877. The van der Waals surface area contributed by atoms with Crippen LogP contribution in [0.3, 0.4) is 0 Å². The highest BCUT2D eigenvalue weighted by atomic mass is 16.5.